The molecule has 1 N–H and O–H groups in total. The Morgan fingerprint density at radius 2 is 1.88 bits per heavy atom. The first-order valence-electron chi connectivity index (χ1n) is 5.79. The van der Waals surface area contributed by atoms with Gasteiger partial charge < -0.3 is 10.4 Å². The molecular weight excluding hydrogens is 225 g/mol. The van der Waals surface area contributed by atoms with Crippen LogP contribution < -0.4 is 61.8 Å². The second-order valence-corrected chi connectivity index (χ2v) is 3.15. The van der Waals surface area contributed by atoms with Crippen molar-refractivity contribution in [1.82, 2.24) is 5.32 Å². The Kier molecular flexibility index (Phi) is 16.2. The van der Waals surface area contributed by atoms with Crippen molar-refractivity contribution in [1.29, 1.82) is 0 Å². The fourth-order valence-corrected chi connectivity index (χ4v) is 1.24. The predicted molar refractivity (Wildman–Crippen MR) is 64.1 cm³/mol. The molecule has 3 heteroatoms. The summed E-state index contributed by atoms with van der Waals surface area (Å²) in [6.07, 6.45) is 2.09. The van der Waals surface area contributed by atoms with Gasteiger partial charge in [-0.05, 0) is 31.5 Å². The van der Waals surface area contributed by atoms with Crippen molar-refractivity contribution in [3.8, 4) is 5.75 Å². The third kappa shape index (κ3) is 9.81. The van der Waals surface area contributed by atoms with Crippen LogP contribution in [0.3, 0.4) is 0 Å². The minimum Gasteiger partial charge on any atom is -0.872 e. The zero-order chi connectivity index (χ0) is 11.5. The largest absolute Gasteiger partial charge is 1.00 e. The van der Waals surface area contributed by atoms with E-state index in [2.05, 4.69) is 12.2 Å². The van der Waals surface area contributed by atoms with Crippen molar-refractivity contribution >= 4 is 0 Å². The molecule has 0 saturated carbocycles. The molecule has 1 aromatic rings. The Bertz CT molecular complexity index is 253. The summed E-state index contributed by atoms with van der Waals surface area (Å²) >= 11 is 0. The second kappa shape index (κ2) is 13.7. The van der Waals surface area contributed by atoms with Crippen LogP contribution >= 0.6 is 0 Å². The van der Waals surface area contributed by atoms with Gasteiger partial charge in [-0.25, -0.2) is 0 Å². The van der Waals surface area contributed by atoms with Gasteiger partial charge >= 0.3 is 51.4 Å². The molecule has 0 unspecified atom stereocenters. The second-order valence-electron chi connectivity index (χ2n) is 3.15. The van der Waals surface area contributed by atoms with Crippen molar-refractivity contribution < 1.29 is 56.5 Å². The van der Waals surface area contributed by atoms with E-state index in [0.29, 0.717) is 0 Å². The van der Waals surface area contributed by atoms with Crippen LogP contribution in [0, 0.1) is 0 Å². The summed E-state index contributed by atoms with van der Waals surface area (Å²) in [5.41, 5.74) is 1.12. The van der Waals surface area contributed by atoms with Crippen LogP contribution in [-0.2, 0) is 6.42 Å². The molecule has 0 radical (unpaired) electrons. The fourth-order valence-electron chi connectivity index (χ4n) is 1.24. The van der Waals surface area contributed by atoms with E-state index < -0.39 is 0 Å². The van der Waals surface area contributed by atoms with Crippen LogP contribution in [0.15, 0.2) is 24.3 Å². The summed E-state index contributed by atoms with van der Waals surface area (Å²) in [5, 5.41) is 14.3. The third-order valence-corrected chi connectivity index (χ3v) is 1.92. The van der Waals surface area contributed by atoms with E-state index in [-0.39, 0.29) is 57.1 Å². The van der Waals surface area contributed by atoms with E-state index in [9.17, 15) is 5.11 Å². The number of hydrogen-bond acceptors (Lipinski definition) is 2. The fraction of sp³-hybridized carbons (Fsp3) is 0.538. The Hall–Kier alpha value is 0.616. The van der Waals surface area contributed by atoms with Gasteiger partial charge in [-0.2, -0.15) is 0 Å². The predicted octanol–water partition coefficient (Wildman–Crippen LogP) is -0.667. The molecule has 0 aliphatic carbocycles. The Labute approximate surface area is 142 Å². The number of benzene rings is 1. The van der Waals surface area contributed by atoms with Crippen molar-refractivity contribution in [3.05, 3.63) is 29.8 Å². The van der Waals surface area contributed by atoms with Gasteiger partial charge in [0.2, 0.25) is 0 Å². The van der Waals surface area contributed by atoms with E-state index >= 15 is 0 Å². The van der Waals surface area contributed by atoms with Crippen LogP contribution in [0.2, 0.25) is 0 Å². The molecule has 0 heterocycles. The molecule has 0 spiro atoms. The van der Waals surface area contributed by atoms with Gasteiger partial charge in [-0.3, -0.25) is 0 Å². The van der Waals surface area contributed by atoms with E-state index in [0.717, 1.165) is 31.5 Å². The van der Waals surface area contributed by atoms with Crippen molar-refractivity contribution in [2.45, 2.75) is 33.6 Å². The normalized spacial score (nSPS) is 8.69. The first-order valence-corrected chi connectivity index (χ1v) is 5.79. The smallest absolute Gasteiger partial charge is 0.872 e. The standard InChI is InChI=1S/C11H17NO.C2H6.K/c1-2-7-12-8-6-10-4-3-5-11(13)9-10;1-2;/h3-5,9,12-13H,2,6-8H2,1H3;1-2H3;/q;;+1/p-1. The molecule has 0 fully saturated rings. The van der Waals surface area contributed by atoms with Gasteiger partial charge in [0.25, 0.3) is 0 Å². The number of nitrogens with one attached hydrogen (secondary N) is 1. The van der Waals surface area contributed by atoms with Gasteiger partial charge in [0, 0.05) is 0 Å². The molecular formula is C13H22KNO. The quantitative estimate of drug-likeness (QED) is 0.553. The first kappa shape index (κ1) is 19.0. The Morgan fingerprint density at radius 1 is 1.19 bits per heavy atom. The summed E-state index contributed by atoms with van der Waals surface area (Å²) in [4.78, 5) is 0. The maximum Gasteiger partial charge on any atom is 1.00 e. The maximum absolute atomic E-state index is 11.0. The summed E-state index contributed by atoms with van der Waals surface area (Å²) in [5.74, 6) is 0.105. The van der Waals surface area contributed by atoms with Gasteiger partial charge in [-0.15, -0.1) is 5.75 Å². The minimum atomic E-state index is 0. The molecule has 0 bridgehead atoms. The summed E-state index contributed by atoms with van der Waals surface area (Å²) in [6, 6.07) is 7.10. The Balaban J connectivity index is 0. The summed E-state index contributed by atoms with van der Waals surface area (Å²) in [7, 11) is 0. The Morgan fingerprint density at radius 3 is 2.44 bits per heavy atom. The van der Waals surface area contributed by atoms with Crippen LogP contribution in [-0.4, -0.2) is 13.1 Å². The van der Waals surface area contributed by atoms with Crippen LogP contribution in [0.25, 0.3) is 0 Å². The third-order valence-electron chi connectivity index (χ3n) is 1.92. The minimum absolute atomic E-state index is 0. The van der Waals surface area contributed by atoms with E-state index in [4.69, 9.17) is 0 Å². The van der Waals surface area contributed by atoms with Crippen molar-refractivity contribution in [3.63, 3.8) is 0 Å². The van der Waals surface area contributed by atoms with E-state index in [1.807, 2.05) is 26.0 Å². The molecule has 0 aliphatic rings. The van der Waals surface area contributed by atoms with Crippen LogP contribution in [0.5, 0.6) is 5.75 Å². The average Bonchev–Trinajstić information content (AvgIpc) is 2.27. The molecule has 0 atom stereocenters. The van der Waals surface area contributed by atoms with Crippen LogP contribution in [0.4, 0.5) is 0 Å². The van der Waals surface area contributed by atoms with Gasteiger partial charge in [0.15, 0.2) is 0 Å². The molecule has 86 valence electrons. The van der Waals surface area contributed by atoms with E-state index in [1.165, 1.54) is 0 Å². The van der Waals surface area contributed by atoms with Crippen molar-refractivity contribution in [2.24, 2.45) is 0 Å². The number of hydrogen-bond donors (Lipinski definition) is 1. The molecule has 1 aromatic carbocycles. The molecule has 0 saturated heterocycles. The topological polar surface area (TPSA) is 35.1 Å². The van der Waals surface area contributed by atoms with E-state index in [1.54, 1.807) is 12.1 Å². The molecule has 0 amide bonds. The molecule has 0 aromatic heterocycles. The number of rotatable bonds is 5. The van der Waals surface area contributed by atoms with Gasteiger partial charge in [0.05, 0.1) is 0 Å². The monoisotopic (exact) mass is 247 g/mol. The zero-order valence-corrected chi connectivity index (χ0v) is 14.2. The SMILES string of the molecule is CC.CCCNCCc1cccc([O-])c1.[K+]. The van der Waals surface area contributed by atoms with Crippen LogP contribution in [0.1, 0.15) is 32.8 Å². The molecule has 16 heavy (non-hydrogen) atoms. The summed E-state index contributed by atoms with van der Waals surface area (Å²) < 4.78 is 0. The maximum atomic E-state index is 11.0. The first-order chi connectivity index (χ1) is 7.33. The summed E-state index contributed by atoms with van der Waals surface area (Å²) in [6.45, 7) is 8.15. The average molecular weight is 247 g/mol. The zero-order valence-electron chi connectivity index (χ0n) is 11.0. The van der Waals surface area contributed by atoms with Crippen molar-refractivity contribution in [2.75, 3.05) is 13.1 Å². The molecule has 0 aliphatic heterocycles. The van der Waals surface area contributed by atoms with Gasteiger partial charge in [0.1, 0.15) is 0 Å². The molecule has 1 rings (SSSR count). The molecule has 2 nitrogen and oxygen atoms in total. The van der Waals surface area contributed by atoms with Gasteiger partial charge in [-0.1, -0.05) is 45.0 Å².